The average molecular weight is 208 g/mol. The Hall–Kier alpha value is -1.68. The van der Waals surface area contributed by atoms with Gasteiger partial charge in [-0.2, -0.15) is 0 Å². The summed E-state index contributed by atoms with van der Waals surface area (Å²) in [4.78, 5) is 21.9. The molecule has 1 rings (SSSR count). The molecule has 0 aliphatic heterocycles. The first-order chi connectivity index (χ1) is 6.97. The van der Waals surface area contributed by atoms with Gasteiger partial charge in [-0.1, -0.05) is 30.3 Å². The first-order valence-electron chi connectivity index (χ1n) is 4.47. The highest BCUT2D eigenvalue weighted by Crippen LogP contribution is 2.25. The molecule has 0 amide bonds. The van der Waals surface area contributed by atoms with Gasteiger partial charge >= 0.3 is 5.97 Å². The third-order valence-corrected chi connectivity index (χ3v) is 2.11. The van der Waals surface area contributed by atoms with Crippen LogP contribution in [0.2, 0.25) is 0 Å². The van der Waals surface area contributed by atoms with Crippen LogP contribution in [0.1, 0.15) is 18.9 Å². The summed E-state index contributed by atoms with van der Waals surface area (Å²) in [5.74, 6) is -1.78. The highest BCUT2D eigenvalue weighted by molar-refractivity contribution is 5.87. The first kappa shape index (κ1) is 11.4. The van der Waals surface area contributed by atoms with Crippen molar-refractivity contribution in [2.75, 3.05) is 0 Å². The summed E-state index contributed by atoms with van der Waals surface area (Å²) >= 11 is 0. The van der Waals surface area contributed by atoms with Gasteiger partial charge in [-0.25, -0.2) is 4.79 Å². The molecule has 1 aromatic carbocycles. The molecule has 0 saturated heterocycles. The number of Topliss-reactive ketones (excluding diaryl/α,β-unsaturated/α-hetero) is 1. The van der Waals surface area contributed by atoms with Crippen molar-refractivity contribution in [2.45, 2.75) is 18.9 Å². The van der Waals surface area contributed by atoms with Crippen molar-refractivity contribution in [1.82, 2.24) is 0 Å². The van der Waals surface area contributed by atoms with Gasteiger partial charge in [0, 0.05) is 6.42 Å². The van der Waals surface area contributed by atoms with E-state index in [0.29, 0.717) is 0 Å². The van der Waals surface area contributed by atoms with Gasteiger partial charge in [0.2, 0.25) is 0 Å². The molecule has 80 valence electrons. The van der Waals surface area contributed by atoms with Crippen LogP contribution in [0.5, 0.6) is 0 Å². The number of rotatable bonds is 4. The smallest absolute Gasteiger partial charge is 0.340 e. The van der Waals surface area contributed by atoms with Gasteiger partial charge in [-0.05, 0) is 12.5 Å². The lowest BCUT2D eigenvalue weighted by atomic mass is 9.89. The van der Waals surface area contributed by atoms with Crippen molar-refractivity contribution in [1.29, 1.82) is 0 Å². The summed E-state index contributed by atoms with van der Waals surface area (Å²) < 4.78 is 0. The molecule has 15 heavy (non-hydrogen) atoms. The lowest BCUT2D eigenvalue weighted by molar-refractivity contribution is -0.162. The van der Waals surface area contributed by atoms with Crippen LogP contribution in [0.3, 0.4) is 0 Å². The Kier molecular flexibility index (Phi) is 3.21. The van der Waals surface area contributed by atoms with E-state index in [1.807, 2.05) is 0 Å². The molecule has 0 radical (unpaired) electrons. The predicted octanol–water partition coefficient (Wildman–Crippen LogP) is 0.938. The van der Waals surface area contributed by atoms with Crippen molar-refractivity contribution in [2.24, 2.45) is 0 Å². The zero-order valence-electron chi connectivity index (χ0n) is 8.30. The molecule has 0 aliphatic carbocycles. The summed E-state index contributed by atoms with van der Waals surface area (Å²) in [6.45, 7) is 1.25. The molecular weight excluding hydrogens is 196 g/mol. The van der Waals surface area contributed by atoms with Crippen LogP contribution in [-0.2, 0) is 15.2 Å². The van der Waals surface area contributed by atoms with E-state index in [9.17, 15) is 14.7 Å². The van der Waals surface area contributed by atoms with E-state index < -0.39 is 18.0 Å². The van der Waals surface area contributed by atoms with Gasteiger partial charge in [0.1, 0.15) is 5.78 Å². The Morgan fingerprint density at radius 2 is 1.80 bits per heavy atom. The largest absolute Gasteiger partial charge is 0.479 e. The molecule has 0 aromatic heterocycles. The number of carboxylic acids is 1. The van der Waals surface area contributed by atoms with Crippen molar-refractivity contribution < 1.29 is 19.8 Å². The number of carbonyl (C=O) groups excluding carboxylic acids is 1. The minimum absolute atomic E-state index is 0.215. The van der Waals surface area contributed by atoms with E-state index in [2.05, 4.69) is 0 Å². The maximum absolute atomic E-state index is 11.0. The predicted molar refractivity (Wildman–Crippen MR) is 53.3 cm³/mol. The number of carbonyl (C=O) groups is 2. The quantitative estimate of drug-likeness (QED) is 0.772. The molecule has 1 atom stereocenters. The first-order valence-corrected chi connectivity index (χ1v) is 4.47. The molecule has 0 bridgehead atoms. The molecule has 4 nitrogen and oxygen atoms in total. The lowest BCUT2D eigenvalue weighted by Crippen LogP contribution is -2.37. The Balaban J connectivity index is 3.13. The zero-order valence-corrected chi connectivity index (χ0v) is 8.30. The van der Waals surface area contributed by atoms with Crippen LogP contribution in [0.15, 0.2) is 30.3 Å². The van der Waals surface area contributed by atoms with Crippen molar-refractivity contribution in [3.05, 3.63) is 35.9 Å². The van der Waals surface area contributed by atoms with E-state index in [0.717, 1.165) is 0 Å². The number of ketones is 1. The van der Waals surface area contributed by atoms with Crippen LogP contribution in [0.4, 0.5) is 0 Å². The lowest BCUT2D eigenvalue weighted by Gasteiger charge is -2.22. The molecule has 1 aromatic rings. The summed E-state index contributed by atoms with van der Waals surface area (Å²) in [6.07, 6.45) is -0.424. The standard InChI is InChI=1S/C11H12O4/c1-8(12)7-11(15,10(13)14)9-5-3-2-4-6-9/h2-6,15H,7H2,1H3,(H,13,14). The highest BCUT2D eigenvalue weighted by atomic mass is 16.4. The Morgan fingerprint density at radius 3 is 2.20 bits per heavy atom. The average Bonchev–Trinajstić information content (AvgIpc) is 2.17. The molecular formula is C11H12O4. The van der Waals surface area contributed by atoms with Gasteiger partial charge in [-0.15, -0.1) is 0 Å². The maximum atomic E-state index is 11.0. The third-order valence-electron chi connectivity index (χ3n) is 2.11. The van der Waals surface area contributed by atoms with Gasteiger partial charge < -0.3 is 10.2 Å². The van der Waals surface area contributed by atoms with Crippen molar-refractivity contribution in [3.63, 3.8) is 0 Å². The SMILES string of the molecule is CC(=O)CC(O)(C(=O)O)c1ccccc1. The molecule has 0 aliphatic rings. The second-order valence-corrected chi connectivity index (χ2v) is 3.41. The van der Waals surface area contributed by atoms with Crippen LogP contribution in [0, 0.1) is 0 Å². The normalized spacial score (nSPS) is 14.3. The molecule has 4 heteroatoms. The third kappa shape index (κ3) is 2.41. The van der Waals surface area contributed by atoms with Gasteiger partial charge in [-0.3, -0.25) is 4.79 Å². The Bertz CT molecular complexity index is 371. The van der Waals surface area contributed by atoms with Crippen molar-refractivity contribution >= 4 is 11.8 Å². The molecule has 0 spiro atoms. The topological polar surface area (TPSA) is 74.6 Å². The van der Waals surface area contributed by atoms with Gasteiger partial charge in [0.25, 0.3) is 0 Å². The number of aliphatic carboxylic acids is 1. The van der Waals surface area contributed by atoms with Gasteiger partial charge in [0.15, 0.2) is 5.60 Å². The van der Waals surface area contributed by atoms with Gasteiger partial charge in [0.05, 0.1) is 0 Å². The number of carboxylic acid groups (broad SMARTS) is 1. The minimum atomic E-state index is -2.12. The fraction of sp³-hybridized carbons (Fsp3) is 0.273. The molecule has 1 unspecified atom stereocenters. The van der Waals surface area contributed by atoms with Crippen LogP contribution in [0.25, 0.3) is 0 Å². The number of aliphatic hydroxyl groups is 1. The fourth-order valence-electron chi connectivity index (χ4n) is 1.38. The van der Waals surface area contributed by atoms with E-state index in [1.54, 1.807) is 18.2 Å². The summed E-state index contributed by atoms with van der Waals surface area (Å²) in [5.41, 5.74) is -1.90. The Morgan fingerprint density at radius 1 is 1.27 bits per heavy atom. The number of benzene rings is 1. The zero-order chi connectivity index (χ0) is 11.5. The van der Waals surface area contributed by atoms with Crippen LogP contribution >= 0.6 is 0 Å². The van der Waals surface area contributed by atoms with E-state index in [-0.39, 0.29) is 11.3 Å². The van der Waals surface area contributed by atoms with E-state index >= 15 is 0 Å². The minimum Gasteiger partial charge on any atom is -0.479 e. The summed E-state index contributed by atoms with van der Waals surface area (Å²) in [7, 11) is 0. The molecule has 0 heterocycles. The van der Waals surface area contributed by atoms with E-state index in [1.165, 1.54) is 19.1 Å². The second kappa shape index (κ2) is 4.23. The Labute approximate surface area is 87.2 Å². The van der Waals surface area contributed by atoms with Crippen molar-refractivity contribution in [3.8, 4) is 0 Å². The molecule has 0 fully saturated rings. The van der Waals surface area contributed by atoms with Crippen LogP contribution in [-0.4, -0.2) is 22.0 Å². The highest BCUT2D eigenvalue weighted by Gasteiger charge is 2.39. The maximum Gasteiger partial charge on any atom is 0.340 e. The fourth-order valence-corrected chi connectivity index (χ4v) is 1.38. The van der Waals surface area contributed by atoms with E-state index in [4.69, 9.17) is 5.11 Å². The second-order valence-electron chi connectivity index (χ2n) is 3.41. The van der Waals surface area contributed by atoms with Crippen LogP contribution < -0.4 is 0 Å². The summed E-state index contributed by atoms with van der Waals surface area (Å²) in [6, 6.07) is 7.90. The molecule has 2 N–H and O–H groups in total. The molecule has 0 saturated carbocycles. The summed E-state index contributed by atoms with van der Waals surface area (Å²) in [5, 5.41) is 18.8. The monoisotopic (exact) mass is 208 g/mol. The number of hydrogen-bond donors (Lipinski definition) is 2. The number of hydrogen-bond acceptors (Lipinski definition) is 3.